The number of ether oxygens (including phenoxy) is 3. The molecule has 1 aromatic carbocycles. The highest BCUT2D eigenvalue weighted by Crippen LogP contribution is 2.23. The van der Waals surface area contributed by atoms with E-state index in [1.165, 1.54) is 62.9 Å². The Balaban J connectivity index is 0.000000287. The monoisotopic (exact) mass is 951 g/mol. The molecule has 4 heterocycles. The molecule has 70 heavy (non-hydrogen) atoms. The van der Waals surface area contributed by atoms with E-state index in [1.807, 2.05) is 19.1 Å². The Morgan fingerprint density at radius 1 is 0.557 bits per heavy atom. The van der Waals surface area contributed by atoms with Gasteiger partial charge in [0.1, 0.15) is 66.4 Å². The van der Waals surface area contributed by atoms with Gasteiger partial charge in [0.15, 0.2) is 0 Å². The average Bonchev–Trinajstić information content (AvgIpc) is 3.39. The van der Waals surface area contributed by atoms with E-state index in [1.54, 1.807) is 6.07 Å². The highest BCUT2D eigenvalue weighted by atomic mass is 16.5. The number of rotatable bonds is 20. The number of hydrogen-bond acceptors (Lipinski definition) is 19. The maximum absolute atomic E-state index is 13.2. The van der Waals surface area contributed by atoms with Crippen LogP contribution in [0.1, 0.15) is 150 Å². The summed E-state index contributed by atoms with van der Waals surface area (Å²) in [6.45, 7) is 11.3. The van der Waals surface area contributed by atoms with E-state index < -0.39 is 17.9 Å². The minimum Gasteiger partial charge on any atom is -0.465 e. The van der Waals surface area contributed by atoms with Gasteiger partial charge in [0.2, 0.25) is 11.6 Å². The maximum Gasteiger partial charge on any atom is 0.349 e. The first-order valence-corrected chi connectivity index (χ1v) is 23.5. The van der Waals surface area contributed by atoms with Gasteiger partial charge in [0, 0.05) is 46.0 Å². The standard InChI is InChI=1S/C30H34N6O4.C11H19NO2.C10H4N4O2/c1-4-7-9-10-12-39-29(37)21(13-31)25-23-15-33-19-36-28(23)26(24-16-34-18-35-27(24)25)22(14-32)30(38)40-17-20(6-3)11-8-5-2;1-3-5-6-10(4-2)9-14-11(13)7-8-12;15-9-5-1-11-3-13-7(5)10(16)6-2-12-4-14-8(6)9/h15-16,18-20H,4-12,17H2,1-3H3;10H,3-7,9H2,1-2H3;1-4H/b25-21+,26-22+;;. The smallest absolute Gasteiger partial charge is 0.349 e. The lowest BCUT2D eigenvalue weighted by Crippen LogP contribution is -2.26. The van der Waals surface area contributed by atoms with E-state index >= 15 is 0 Å². The largest absolute Gasteiger partial charge is 0.465 e. The molecule has 19 nitrogen and oxygen atoms in total. The van der Waals surface area contributed by atoms with Crippen LogP contribution in [-0.2, 0) is 28.6 Å². The van der Waals surface area contributed by atoms with Crippen molar-refractivity contribution in [3.8, 4) is 18.2 Å². The van der Waals surface area contributed by atoms with E-state index in [-0.39, 0.29) is 103 Å². The number of carbonyl (C=O) groups excluding carboxylic acids is 5. The maximum atomic E-state index is 13.2. The van der Waals surface area contributed by atoms with Crippen LogP contribution in [0.2, 0.25) is 0 Å². The van der Waals surface area contributed by atoms with Gasteiger partial charge in [-0.05, 0) is 31.1 Å². The zero-order valence-electron chi connectivity index (χ0n) is 40.3. The number of nitrogens with zero attached hydrogens (tertiary/aromatic N) is 11. The average molecular weight is 952 g/mol. The van der Waals surface area contributed by atoms with Gasteiger partial charge in [-0.25, -0.2) is 49.5 Å². The molecule has 2 unspecified atom stereocenters. The van der Waals surface area contributed by atoms with Crippen LogP contribution in [0.4, 0.5) is 0 Å². The molecule has 2 atom stereocenters. The Morgan fingerprint density at radius 2 is 1.00 bits per heavy atom. The minimum atomic E-state index is -0.793. The molecule has 6 rings (SSSR count). The fourth-order valence-electron chi connectivity index (χ4n) is 7.35. The first-order valence-electron chi connectivity index (χ1n) is 23.5. The molecule has 1 aliphatic carbocycles. The Kier molecular flexibility index (Phi) is 22.7. The van der Waals surface area contributed by atoms with Crippen molar-refractivity contribution in [2.45, 2.75) is 118 Å². The molecular weight excluding hydrogens is 895 g/mol. The first kappa shape index (κ1) is 54.6. The summed E-state index contributed by atoms with van der Waals surface area (Å²) < 4.78 is 16.0. The predicted octanol–water partition coefficient (Wildman–Crippen LogP) is 6.51. The highest BCUT2D eigenvalue weighted by Gasteiger charge is 2.32. The van der Waals surface area contributed by atoms with Gasteiger partial charge in [-0.15, -0.1) is 0 Å². The fraction of sp³-hybridized carbons (Fsp3) is 0.451. The van der Waals surface area contributed by atoms with Crippen LogP contribution in [0.3, 0.4) is 0 Å². The molecule has 364 valence electrons. The fourth-order valence-corrected chi connectivity index (χ4v) is 7.35. The van der Waals surface area contributed by atoms with Crippen LogP contribution in [0.25, 0.3) is 33.0 Å². The zero-order valence-corrected chi connectivity index (χ0v) is 40.3. The van der Waals surface area contributed by atoms with Crippen LogP contribution in [0, 0.1) is 45.8 Å². The minimum absolute atomic E-state index is 0.113. The summed E-state index contributed by atoms with van der Waals surface area (Å²) in [5.41, 5.74) is 0.469. The van der Waals surface area contributed by atoms with Gasteiger partial charge < -0.3 is 14.2 Å². The van der Waals surface area contributed by atoms with Crippen molar-refractivity contribution in [1.82, 2.24) is 39.9 Å². The van der Waals surface area contributed by atoms with Crippen LogP contribution < -0.4 is 10.4 Å². The lowest BCUT2D eigenvalue weighted by atomic mass is 9.93. The summed E-state index contributed by atoms with van der Waals surface area (Å²) in [5, 5.41) is 29.3. The molecule has 0 amide bonds. The topological polar surface area (TPSA) is 288 Å². The van der Waals surface area contributed by atoms with Crippen molar-refractivity contribution in [3.05, 3.63) is 83.0 Å². The second-order valence-electron chi connectivity index (χ2n) is 16.2. The van der Waals surface area contributed by atoms with Crippen molar-refractivity contribution in [1.29, 1.82) is 15.8 Å². The second-order valence-corrected chi connectivity index (χ2v) is 16.2. The quantitative estimate of drug-likeness (QED) is 0.0341. The van der Waals surface area contributed by atoms with Crippen molar-refractivity contribution < 1.29 is 38.2 Å². The molecule has 1 aliphatic rings. The number of carbonyl (C=O) groups is 5. The summed E-state index contributed by atoms with van der Waals surface area (Å²) in [5.74, 6) is -2.02. The number of unbranched alkanes of at least 4 members (excludes halogenated alkanes) is 5. The number of hydrogen-bond donors (Lipinski definition) is 0. The Bertz CT molecular complexity index is 2740. The lowest BCUT2D eigenvalue weighted by Gasteiger charge is -2.14. The molecule has 0 N–H and O–H groups in total. The van der Waals surface area contributed by atoms with Gasteiger partial charge in [-0.1, -0.05) is 92.4 Å². The summed E-state index contributed by atoms with van der Waals surface area (Å²) >= 11 is 0. The number of esters is 3. The van der Waals surface area contributed by atoms with Crippen LogP contribution in [-0.4, -0.2) is 89.2 Å². The van der Waals surface area contributed by atoms with E-state index in [0.717, 1.165) is 57.8 Å². The van der Waals surface area contributed by atoms with Gasteiger partial charge in [0.05, 0.1) is 48.1 Å². The van der Waals surface area contributed by atoms with Crippen LogP contribution in [0.5, 0.6) is 0 Å². The third kappa shape index (κ3) is 14.5. The Labute approximate surface area is 406 Å². The third-order valence-corrected chi connectivity index (χ3v) is 11.4. The second kappa shape index (κ2) is 29.0. The molecule has 0 spiro atoms. The van der Waals surface area contributed by atoms with Gasteiger partial charge in [-0.3, -0.25) is 14.4 Å². The van der Waals surface area contributed by atoms with Gasteiger partial charge in [-0.2, -0.15) is 15.8 Å². The molecule has 5 aromatic rings. The van der Waals surface area contributed by atoms with Gasteiger partial charge in [0.25, 0.3) is 0 Å². The molecule has 19 heteroatoms. The van der Waals surface area contributed by atoms with Crippen molar-refractivity contribution in [2.24, 2.45) is 11.8 Å². The Morgan fingerprint density at radius 3 is 1.44 bits per heavy atom. The Hall–Kier alpha value is -7.98. The van der Waals surface area contributed by atoms with Crippen molar-refractivity contribution >= 4 is 62.4 Å². The number of benzene rings is 1. The van der Waals surface area contributed by atoms with Crippen molar-refractivity contribution in [3.63, 3.8) is 0 Å². The SMILES string of the molecule is CCCCC(CC)COC(=O)CC#N.CCCCCCOC(=O)/C(C#N)=c1\c2cncnc2/c(=C(\C#N)C(=O)OCC(CC)CCCC)c2cncnc12.O=C1c2cncnc2C(=O)c2cncnc21. The first-order chi connectivity index (χ1) is 34.0. The zero-order chi connectivity index (χ0) is 50.8. The summed E-state index contributed by atoms with van der Waals surface area (Å²) in [6.07, 6.45) is 22.3. The number of fused-ring (bicyclic) bond motifs is 4. The molecule has 0 saturated carbocycles. The lowest BCUT2D eigenvalue weighted by molar-refractivity contribution is -0.144. The normalized spacial score (nSPS) is 12.9. The van der Waals surface area contributed by atoms with E-state index in [4.69, 9.17) is 19.5 Å². The third-order valence-electron chi connectivity index (χ3n) is 11.4. The van der Waals surface area contributed by atoms with Crippen LogP contribution >= 0.6 is 0 Å². The molecule has 0 fully saturated rings. The van der Waals surface area contributed by atoms with E-state index in [2.05, 4.69) is 67.6 Å². The van der Waals surface area contributed by atoms with Crippen LogP contribution in [0.15, 0.2) is 50.1 Å². The van der Waals surface area contributed by atoms with Crippen molar-refractivity contribution in [2.75, 3.05) is 19.8 Å². The number of ketones is 2. The molecule has 0 bridgehead atoms. The summed E-state index contributed by atoms with van der Waals surface area (Å²) in [7, 11) is 0. The summed E-state index contributed by atoms with van der Waals surface area (Å²) in [4.78, 5) is 93.0. The molecule has 0 aliphatic heterocycles. The molecule has 4 aromatic heterocycles. The van der Waals surface area contributed by atoms with Gasteiger partial charge >= 0.3 is 17.9 Å². The number of nitriles is 3. The van der Waals surface area contributed by atoms with E-state index in [9.17, 15) is 34.5 Å². The predicted molar refractivity (Wildman–Crippen MR) is 255 cm³/mol. The molecular formula is C51H57N11O8. The van der Waals surface area contributed by atoms with E-state index in [0.29, 0.717) is 18.9 Å². The highest BCUT2D eigenvalue weighted by molar-refractivity contribution is 6.26. The number of aromatic nitrogens is 8. The summed E-state index contributed by atoms with van der Waals surface area (Å²) in [6, 6.07) is 5.72. The molecule has 0 saturated heterocycles. The molecule has 0 radical (unpaired) electrons.